The van der Waals surface area contributed by atoms with Crippen molar-refractivity contribution in [3.63, 3.8) is 0 Å². The predicted octanol–water partition coefficient (Wildman–Crippen LogP) is 0.864. The molecule has 1 fully saturated rings. The minimum Gasteiger partial charge on any atom is -0.389 e. The van der Waals surface area contributed by atoms with Gasteiger partial charge >= 0.3 is 0 Å². The van der Waals surface area contributed by atoms with Gasteiger partial charge in [-0.05, 0) is 27.2 Å². The second kappa shape index (κ2) is 6.37. The fraction of sp³-hybridized carbons (Fsp3) is 0.857. The van der Waals surface area contributed by atoms with Gasteiger partial charge in [-0.1, -0.05) is 6.92 Å². The van der Waals surface area contributed by atoms with E-state index in [0.29, 0.717) is 32.6 Å². The molecule has 0 aliphatic carbocycles. The number of carbonyl (C=O) groups excluding carboxylic acids is 2. The summed E-state index contributed by atoms with van der Waals surface area (Å²) >= 11 is 0. The van der Waals surface area contributed by atoms with Gasteiger partial charge in [0.05, 0.1) is 11.5 Å². The quantitative estimate of drug-likeness (QED) is 0.806. The van der Waals surface area contributed by atoms with Gasteiger partial charge in [0.15, 0.2) is 0 Å². The normalized spacial score (nSPS) is 19.6. The van der Waals surface area contributed by atoms with Crippen LogP contribution in [0.2, 0.25) is 0 Å². The first-order chi connectivity index (χ1) is 8.78. The third kappa shape index (κ3) is 4.49. The lowest BCUT2D eigenvalue weighted by molar-refractivity contribution is -0.138. The third-order valence-corrected chi connectivity index (χ3v) is 3.46. The predicted molar refractivity (Wildman–Crippen MR) is 73.5 cm³/mol. The van der Waals surface area contributed by atoms with E-state index in [-0.39, 0.29) is 17.7 Å². The third-order valence-electron chi connectivity index (χ3n) is 3.46. The first-order valence-electron chi connectivity index (χ1n) is 7.07. The highest BCUT2D eigenvalue weighted by molar-refractivity contribution is 5.82. The highest BCUT2D eigenvalue weighted by Crippen LogP contribution is 2.20. The largest absolute Gasteiger partial charge is 0.389 e. The molecule has 0 aromatic rings. The molecule has 110 valence electrons. The van der Waals surface area contributed by atoms with Crippen molar-refractivity contribution in [2.45, 2.75) is 46.1 Å². The molecule has 1 saturated heterocycles. The molecule has 1 atom stereocenters. The number of hydrogen-bond acceptors (Lipinski definition) is 3. The fourth-order valence-corrected chi connectivity index (χ4v) is 2.48. The lowest BCUT2D eigenvalue weighted by atomic mass is 10.0. The number of amides is 2. The fourth-order valence-electron chi connectivity index (χ4n) is 2.48. The summed E-state index contributed by atoms with van der Waals surface area (Å²) in [6.45, 7) is 9.26. The van der Waals surface area contributed by atoms with Gasteiger partial charge in [-0.15, -0.1) is 0 Å². The Labute approximate surface area is 115 Å². The maximum atomic E-state index is 12.4. The van der Waals surface area contributed by atoms with Gasteiger partial charge in [-0.25, -0.2) is 0 Å². The van der Waals surface area contributed by atoms with Crippen LogP contribution in [0, 0.1) is 5.92 Å². The smallest absolute Gasteiger partial charge is 0.227 e. The molecule has 1 aliphatic rings. The van der Waals surface area contributed by atoms with E-state index in [0.717, 1.165) is 6.42 Å². The van der Waals surface area contributed by atoms with Crippen LogP contribution in [0.25, 0.3) is 0 Å². The summed E-state index contributed by atoms with van der Waals surface area (Å²) < 4.78 is 0. The average molecular weight is 270 g/mol. The van der Waals surface area contributed by atoms with Crippen molar-refractivity contribution in [3.8, 4) is 0 Å². The van der Waals surface area contributed by atoms with Crippen LogP contribution in [0.5, 0.6) is 0 Å². The number of likely N-dealkylation sites (tertiary alicyclic amines) is 1. The van der Waals surface area contributed by atoms with E-state index in [1.807, 2.05) is 13.8 Å². The molecule has 0 radical (unpaired) electrons. The van der Waals surface area contributed by atoms with Crippen molar-refractivity contribution in [1.29, 1.82) is 0 Å². The Kier molecular flexibility index (Phi) is 5.35. The Hall–Kier alpha value is -1.10. The molecule has 0 saturated carbocycles. The molecule has 19 heavy (non-hydrogen) atoms. The Balaban J connectivity index is 2.60. The molecular formula is C14H26N2O3. The zero-order valence-electron chi connectivity index (χ0n) is 12.5. The Morgan fingerprint density at radius 3 is 2.47 bits per heavy atom. The minimum absolute atomic E-state index is 0.0519. The summed E-state index contributed by atoms with van der Waals surface area (Å²) in [5.41, 5.74) is -0.886. The first-order valence-corrected chi connectivity index (χ1v) is 7.07. The average Bonchev–Trinajstić information content (AvgIpc) is 2.82. The number of nitrogens with zero attached hydrogens (tertiary/aromatic N) is 2. The van der Waals surface area contributed by atoms with Crippen LogP contribution in [0.15, 0.2) is 0 Å². The van der Waals surface area contributed by atoms with Crippen LogP contribution in [0.1, 0.15) is 40.5 Å². The van der Waals surface area contributed by atoms with E-state index >= 15 is 0 Å². The van der Waals surface area contributed by atoms with Gasteiger partial charge in [-0.3, -0.25) is 9.59 Å². The summed E-state index contributed by atoms with van der Waals surface area (Å²) in [6, 6.07) is 0. The van der Waals surface area contributed by atoms with Crippen LogP contribution in [0.3, 0.4) is 0 Å². The van der Waals surface area contributed by atoms with Crippen molar-refractivity contribution in [2.24, 2.45) is 5.92 Å². The van der Waals surface area contributed by atoms with Crippen molar-refractivity contribution in [3.05, 3.63) is 0 Å². The van der Waals surface area contributed by atoms with Gasteiger partial charge in [0, 0.05) is 32.6 Å². The summed E-state index contributed by atoms with van der Waals surface area (Å²) in [5.74, 6) is 0.0506. The molecule has 1 unspecified atom stereocenters. The number of carbonyl (C=O) groups is 2. The van der Waals surface area contributed by atoms with Crippen LogP contribution in [-0.4, -0.2) is 58.5 Å². The monoisotopic (exact) mass is 270 g/mol. The van der Waals surface area contributed by atoms with Crippen molar-refractivity contribution >= 4 is 11.8 Å². The van der Waals surface area contributed by atoms with Crippen LogP contribution >= 0.6 is 0 Å². The molecule has 2 amide bonds. The van der Waals surface area contributed by atoms with Crippen molar-refractivity contribution < 1.29 is 14.7 Å². The highest BCUT2D eigenvalue weighted by Gasteiger charge is 2.33. The molecule has 5 nitrogen and oxygen atoms in total. The molecular weight excluding hydrogens is 244 g/mol. The number of likely N-dealkylation sites (N-methyl/N-ethyl adjacent to an activating group) is 1. The molecule has 1 aliphatic heterocycles. The highest BCUT2D eigenvalue weighted by atomic mass is 16.3. The molecule has 5 heteroatoms. The molecule has 0 aromatic carbocycles. The second-order valence-corrected chi connectivity index (χ2v) is 5.84. The summed E-state index contributed by atoms with van der Waals surface area (Å²) in [4.78, 5) is 27.4. The number of rotatable bonds is 5. The molecule has 1 heterocycles. The molecule has 0 aromatic heterocycles. The van der Waals surface area contributed by atoms with E-state index in [4.69, 9.17) is 0 Å². The Morgan fingerprint density at radius 1 is 1.37 bits per heavy atom. The zero-order chi connectivity index (χ0) is 14.6. The maximum absolute atomic E-state index is 12.4. The summed E-state index contributed by atoms with van der Waals surface area (Å²) in [7, 11) is 0. The van der Waals surface area contributed by atoms with E-state index in [2.05, 4.69) is 0 Å². The molecule has 0 bridgehead atoms. The van der Waals surface area contributed by atoms with E-state index in [9.17, 15) is 14.7 Å². The van der Waals surface area contributed by atoms with Gasteiger partial charge in [0.2, 0.25) is 11.8 Å². The van der Waals surface area contributed by atoms with Crippen molar-refractivity contribution in [1.82, 2.24) is 9.80 Å². The topological polar surface area (TPSA) is 60.9 Å². The molecule has 1 N–H and O–H groups in total. The van der Waals surface area contributed by atoms with Crippen LogP contribution < -0.4 is 0 Å². The lowest BCUT2D eigenvalue weighted by Gasteiger charge is -2.30. The van der Waals surface area contributed by atoms with Gasteiger partial charge in [-0.2, -0.15) is 0 Å². The standard InChI is InChI=1S/C14H26N2O3/c1-5-12(17)16-8-7-11(9-16)13(18)15(6-2)10-14(3,4)19/h11,19H,5-10H2,1-4H3. The molecule has 0 spiro atoms. The Bertz CT molecular complexity index is 336. The summed E-state index contributed by atoms with van der Waals surface area (Å²) in [6.07, 6.45) is 1.22. The van der Waals surface area contributed by atoms with E-state index in [1.54, 1.807) is 23.6 Å². The maximum Gasteiger partial charge on any atom is 0.227 e. The lowest BCUT2D eigenvalue weighted by Crippen LogP contribution is -2.45. The zero-order valence-corrected chi connectivity index (χ0v) is 12.5. The number of aliphatic hydroxyl groups is 1. The Morgan fingerprint density at radius 2 is 2.00 bits per heavy atom. The molecule has 1 rings (SSSR count). The van der Waals surface area contributed by atoms with Crippen LogP contribution in [0.4, 0.5) is 0 Å². The van der Waals surface area contributed by atoms with Crippen molar-refractivity contribution in [2.75, 3.05) is 26.2 Å². The summed E-state index contributed by atoms with van der Waals surface area (Å²) in [5, 5.41) is 9.83. The van der Waals surface area contributed by atoms with Crippen LogP contribution in [-0.2, 0) is 9.59 Å². The van der Waals surface area contributed by atoms with Gasteiger partial charge in [0.1, 0.15) is 0 Å². The number of hydrogen-bond donors (Lipinski definition) is 1. The minimum atomic E-state index is -0.886. The second-order valence-electron chi connectivity index (χ2n) is 5.84. The van der Waals surface area contributed by atoms with Gasteiger partial charge < -0.3 is 14.9 Å². The first kappa shape index (κ1) is 16.0. The van der Waals surface area contributed by atoms with E-state index in [1.165, 1.54) is 0 Å². The van der Waals surface area contributed by atoms with E-state index < -0.39 is 5.60 Å². The van der Waals surface area contributed by atoms with Gasteiger partial charge in [0.25, 0.3) is 0 Å². The SMILES string of the molecule is CCC(=O)N1CCC(C(=O)N(CC)CC(C)(C)O)C1.